The molecule has 5 heteroatoms. The highest BCUT2D eigenvalue weighted by Crippen LogP contribution is 2.59. The monoisotopic (exact) mass is 264 g/mol. The first-order chi connectivity index (χ1) is 8.50. The van der Waals surface area contributed by atoms with Crippen LogP contribution in [0.3, 0.4) is 0 Å². The van der Waals surface area contributed by atoms with E-state index in [1.165, 1.54) is 5.82 Å². The minimum Gasteiger partial charge on any atom is -0.386 e. The van der Waals surface area contributed by atoms with Crippen molar-refractivity contribution in [3.8, 4) is 0 Å². The molecule has 0 radical (unpaired) electrons. The van der Waals surface area contributed by atoms with E-state index in [4.69, 9.17) is 9.05 Å². The van der Waals surface area contributed by atoms with Gasteiger partial charge in [-0.05, 0) is 25.0 Å². The summed E-state index contributed by atoms with van der Waals surface area (Å²) in [6, 6.07) is 8.84. The van der Waals surface area contributed by atoms with E-state index in [1.54, 1.807) is 38.1 Å². The van der Waals surface area contributed by atoms with E-state index in [1.807, 2.05) is 6.07 Å². The Morgan fingerprint density at radius 3 is 2.61 bits per heavy atom. The molecule has 94 valence electrons. The standard InChI is InChI=1S/C13H13O4P/c1-10(2)8-9-18(15)16-12(13(14)17-18)11-6-4-3-5-7-11/h3-7,9,12H,1-2H3. The molecule has 18 heavy (non-hydrogen) atoms. The molecule has 2 unspecified atom stereocenters. The van der Waals surface area contributed by atoms with E-state index in [9.17, 15) is 9.36 Å². The van der Waals surface area contributed by atoms with Gasteiger partial charge in [-0.1, -0.05) is 30.3 Å². The average Bonchev–Trinajstić information content (AvgIpc) is 2.64. The summed E-state index contributed by atoms with van der Waals surface area (Å²) < 4.78 is 22.2. The van der Waals surface area contributed by atoms with Gasteiger partial charge in [-0.15, -0.1) is 5.73 Å². The van der Waals surface area contributed by atoms with Crippen LogP contribution in [-0.4, -0.2) is 5.97 Å². The van der Waals surface area contributed by atoms with Crippen LogP contribution in [0, 0.1) is 0 Å². The molecule has 0 bridgehead atoms. The van der Waals surface area contributed by atoms with Gasteiger partial charge >= 0.3 is 13.6 Å². The number of benzene rings is 1. The first-order valence-corrected chi connectivity index (χ1v) is 7.09. The van der Waals surface area contributed by atoms with Gasteiger partial charge in [0.25, 0.3) is 0 Å². The van der Waals surface area contributed by atoms with E-state index in [-0.39, 0.29) is 0 Å². The molecule has 0 aliphatic carbocycles. The van der Waals surface area contributed by atoms with Crippen molar-refractivity contribution in [3.05, 3.63) is 53.0 Å². The average molecular weight is 264 g/mol. The molecule has 0 aromatic heterocycles. The zero-order chi connectivity index (χ0) is 13.2. The number of hydrogen-bond donors (Lipinski definition) is 0. The molecule has 1 saturated heterocycles. The van der Waals surface area contributed by atoms with Crippen LogP contribution in [0.15, 0.2) is 47.5 Å². The van der Waals surface area contributed by atoms with Crippen molar-refractivity contribution in [2.45, 2.75) is 20.0 Å². The predicted octanol–water partition coefficient (Wildman–Crippen LogP) is 3.57. The highest BCUT2D eigenvalue weighted by atomic mass is 31.2. The third-order valence-electron chi connectivity index (χ3n) is 2.30. The van der Waals surface area contributed by atoms with Crippen molar-refractivity contribution >= 4 is 13.6 Å². The van der Waals surface area contributed by atoms with Crippen LogP contribution in [0.2, 0.25) is 0 Å². The van der Waals surface area contributed by atoms with Gasteiger partial charge in [-0.25, -0.2) is 9.36 Å². The summed E-state index contributed by atoms with van der Waals surface area (Å²) in [5, 5.41) is 0. The molecule has 2 rings (SSSR count). The van der Waals surface area contributed by atoms with Gasteiger partial charge in [0.1, 0.15) is 0 Å². The topological polar surface area (TPSA) is 52.6 Å². The third-order valence-corrected chi connectivity index (χ3v) is 3.68. The molecule has 1 aliphatic heterocycles. The lowest BCUT2D eigenvalue weighted by Gasteiger charge is -2.04. The summed E-state index contributed by atoms with van der Waals surface area (Å²) in [5.74, 6) is 0.569. The van der Waals surface area contributed by atoms with Crippen LogP contribution in [0.1, 0.15) is 25.5 Å². The Bertz CT molecular complexity index is 566. The van der Waals surface area contributed by atoms with E-state index in [2.05, 4.69) is 5.73 Å². The van der Waals surface area contributed by atoms with Gasteiger partial charge in [0.05, 0.1) is 5.82 Å². The number of allylic oxidation sites excluding steroid dienone is 1. The Labute approximate surface area is 105 Å². The minimum atomic E-state index is -3.51. The number of carbonyl (C=O) groups excluding carboxylic acids is 1. The first kappa shape index (κ1) is 12.8. The normalized spacial score (nSPS) is 26.3. The summed E-state index contributed by atoms with van der Waals surface area (Å²) in [4.78, 5) is 11.7. The largest absolute Gasteiger partial charge is 0.414 e. The fourth-order valence-corrected chi connectivity index (χ4v) is 2.90. The van der Waals surface area contributed by atoms with E-state index in [0.717, 1.165) is 5.57 Å². The maximum absolute atomic E-state index is 12.1. The van der Waals surface area contributed by atoms with Crippen LogP contribution < -0.4 is 0 Å². The number of hydrogen-bond acceptors (Lipinski definition) is 4. The summed E-state index contributed by atoms with van der Waals surface area (Å²) in [5.41, 5.74) is 4.20. The number of carbonyl (C=O) groups is 1. The molecule has 1 heterocycles. The van der Waals surface area contributed by atoms with Crippen LogP contribution >= 0.6 is 7.60 Å². The molecular weight excluding hydrogens is 251 g/mol. The lowest BCUT2D eigenvalue weighted by molar-refractivity contribution is -0.136. The van der Waals surface area contributed by atoms with Crippen LogP contribution in [0.25, 0.3) is 0 Å². The molecule has 0 amide bonds. The smallest absolute Gasteiger partial charge is 0.386 e. The van der Waals surface area contributed by atoms with Gasteiger partial charge in [0.15, 0.2) is 6.10 Å². The summed E-state index contributed by atoms with van der Waals surface area (Å²) >= 11 is 0. The second-order valence-electron chi connectivity index (χ2n) is 4.12. The van der Waals surface area contributed by atoms with E-state index in [0.29, 0.717) is 5.56 Å². The van der Waals surface area contributed by atoms with E-state index < -0.39 is 19.7 Å². The van der Waals surface area contributed by atoms with E-state index >= 15 is 0 Å². The summed E-state index contributed by atoms with van der Waals surface area (Å²) in [6.45, 7) is 3.60. The zero-order valence-electron chi connectivity index (χ0n) is 10.1. The van der Waals surface area contributed by atoms with Gasteiger partial charge in [0, 0.05) is 0 Å². The zero-order valence-corrected chi connectivity index (χ0v) is 11.0. The Morgan fingerprint density at radius 2 is 2.00 bits per heavy atom. The molecular formula is C13H13O4P. The molecule has 2 atom stereocenters. The molecule has 4 nitrogen and oxygen atoms in total. The van der Waals surface area contributed by atoms with Gasteiger partial charge in [-0.3, -0.25) is 4.52 Å². The van der Waals surface area contributed by atoms with Crippen molar-refractivity contribution in [3.63, 3.8) is 0 Å². The SMILES string of the molecule is CC(C)=C=CP1(=O)OC(=O)C(c2ccccc2)O1. The molecule has 1 aliphatic rings. The van der Waals surface area contributed by atoms with Crippen LogP contribution in [-0.2, 0) is 18.4 Å². The summed E-state index contributed by atoms with van der Waals surface area (Å²) in [6.07, 6.45) is -0.924. The lowest BCUT2D eigenvalue weighted by atomic mass is 10.1. The van der Waals surface area contributed by atoms with Crippen molar-refractivity contribution in [1.82, 2.24) is 0 Å². The summed E-state index contributed by atoms with van der Waals surface area (Å²) in [7, 11) is -3.51. The predicted molar refractivity (Wildman–Crippen MR) is 66.9 cm³/mol. The lowest BCUT2D eigenvalue weighted by Crippen LogP contribution is -2.06. The molecule has 1 fully saturated rings. The Kier molecular flexibility index (Phi) is 3.53. The van der Waals surface area contributed by atoms with Crippen molar-refractivity contribution in [2.75, 3.05) is 0 Å². The molecule has 1 aromatic rings. The Balaban J connectivity index is 2.28. The highest BCUT2D eigenvalue weighted by molar-refractivity contribution is 7.58. The van der Waals surface area contributed by atoms with Gasteiger partial charge < -0.3 is 4.52 Å². The van der Waals surface area contributed by atoms with Crippen molar-refractivity contribution in [2.24, 2.45) is 0 Å². The van der Waals surface area contributed by atoms with Crippen molar-refractivity contribution < 1.29 is 18.4 Å². The second kappa shape index (κ2) is 4.95. The quantitative estimate of drug-likeness (QED) is 0.605. The molecule has 0 spiro atoms. The minimum absolute atomic E-state index is 0.628. The van der Waals surface area contributed by atoms with Crippen LogP contribution in [0.4, 0.5) is 0 Å². The molecule has 1 aromatic carbocycles. The maximum atomic E-state index is 12.1. The Hall–Kier alpha value is -1.60. The fraction of sp³-hybridized carbons (Fsp3) is 0.231. The van der Waals surface area contributed by atoms with Crippen molar-refractivity contribution in [1.29, 1.82) is 0 Å². The first-order valence-electron chi connectivity index (χ1n) is 5.48. The fourth-order valence-electron chi connectivity index (χ4n) is 1.47. The number of rotatable bonds is 2. The Morgan fingerprint density at radius 1 is 1.33 bits per heavy atom. The highest BCUT2D eigenvalue weighted by Gasteiger charge is 2.43. The third kappa shape index (κ3) is 2.80. The van der Waals surface area contributed by atoms with Gasteiger partial charge in [0.2, 0.25) is 0 Å². The maximum Gasteiger partial charge on any atom is 0.414 e. The second-order valence-corrected chi connectivity index (χ2v) is 5.85. The van der Waals surface area contributed by atoms with Crippen LogP contribution in [0.5, 0.6) is 0 Å². The molecule has 0 saturated carbocycles. The van der Waals surface area contributed by atoms with Gasteiger partial charge in [-0.2, -0.15) is 0 Å². The molecule has 0 N–H and O–H groups in total.